The van der Waals surface area contributed by atoms with Crippen LogP contribution in [0.2, 0.25) is 0 Å². The number of hydrogen-bond donors (Lipinski definition) is 1. The van der Waals surface area contributed by atoms with Crippen molar-refractivity contribution in [3.05, 3.63) is 66.2 Å². The van der Waals surface area contributed by atoms with Crippen molar-refractivity contribution in [3.63, 3.8) is 0 Å². The molecule has 1 aliphatic rings. The second-order valence-corrected chi connectivity index (χ2v) is 5.70. The Kier molecular flexibility index (Phi) is 4.91. The van der Waals surface area contributed by atoms with Crippen molar-refractivity contribution in [2.24, 2.45) is 4.99 Å². The summed E-state index contributed by atoms with van der Waals surface area (Å²) in [6.07, 6.45) is 1.46. The van der Waals surface area contributed by atoms with Gasteiger partial charge in [0.2, 0.25) is 0 Å². The van der Waals surface area contributed by atoms with Gasteiger partial charge in [-0.1, -0.05) is 48.5 Å². The lowest BCUT2D eigenvalue weighted by atomic mass is 10.0. The maximum atomic E-state index is 12.3. The van der Waals surface area contributed by atoms with Crippen molar-refractivity contribution in [3.8, 4) is 0 Å². The highest BCUT2D eigenvalue weighted by atomic mass is 16.5. The molecule has 1 N–H and O–H groups in total. The molecule has 5 heteroatoms. The van der Waals surface area contributed by atoms with Crippen LogP contribution in [0, 0.1) is 0 Å². The Morgan fingerprint density at radius 1 is 1.17 bits per heavy atom. The molecule has 124 valence electrons. The molecule has 3 rings (SSSR count). The van der Waals surface area contributed by atoms with E-state index in [1.54, 1.807) is 24.3 Å². The van der Waals surface area contributed by atoms with Crippen molar-refractivity contribution in [2.45, 2.75) is 24.9 Å². The third-order valence-electron chi connectivity index (χ3n) is 4.20. The topological polar surface area (TPSA) is 62.1 Å². The predicted octanol–water partition coefficient (Wildman–Crippen LogP) is 3.08. The Morgan fingerprint density at radius 2 is 1.79 bits per heavy atom. The molecule has 2 aromatic rings. The molecule has 0 aromatic heterocycles. The zero-order valence-electron chi connectivity index (χ0n) is 13.5. The number of aliphatic imine (C=N–C) groups is 1. The first kappa shape index (κ1) is 16.2. The van der Waals surface area contributed by atoms with Gasteiger partial charge in [0.15, 0.2) is 6.04 Å². The Bertz CT molecular complexity index is 716. The summed E-state index contributed by atoms with van der Waals surface area (Å²) in [6.45, 7) is 0. The number of carbonyl (C=O) groups excluding carboxylic acids is 1. The van der Waals surface area contributed by atoms with Gasteiger partial charge in [0.25, 0.3) is 0 Å². The Balaban J connectivity index is 1.88. The van der Waals surface area contributed by atoms with E-state index in [1.165, 1.54) is 7.11 Å². The van der Waals surface area contributed by atoms with Gasteiger partial charge >= 0.3 is 5.97 Å². The minimum Gasteiger partial charge on any atom is -0.467 e. The van der Waals surface area contributed by atoms with Gasteiger partial charge < -0.3 is 4.74 Å². The molecule has 1 aliphatic heterocycles. The number of ether oxygens (including phenoxy) is 1. The van der Waals surface area contributed by atoms with Crippen LogP contribution in [0.1, 0.15) is 18.4 Å². The number of nitrogens with zero attached hydrogens (tertiary/aromatic N) is 2. The lowest BCUT2D eigenvalue weighted by Crippen LogP contribution is -2.47. The van der Waals surface area contributed by atoms with E-state index in [0.29, 0.717) is 12.1 Å². The molecular formula is C19H20N2O3. The SMILES string of the molecule is COC(=O)C(C1CCC(c2ccccc2)=N1)N(O)c1ccccc1. The number of hydrogen-bond acceptors (Lipinski definition) is 5. The van der Waals surface area contributed by atoms with Gasteiger partial charge in [0, 0.05) is 5.71 Å². The Hall–Kier alpha value is -2.66. The zero-order valence-corrected chi connectivity index (χ0v) is 13.5. The first-order valence-electron chi connectivity index (χ1n) is 7.94. The van der Waals surface area contributed by atoms with Gasteiger partial charge in [0.05, 0.1) is 18.8 Å². The fourth-order valence-corrected chi connectivity index (χ4v) is 2.97. The molecule has 1 heterocycles. The van der Waals surface area contributed by atoms with Gasteiger partial charge in [-0.25, -0.2) is 9.86 Å². The molecule has 0 fully saturated rings. The summed E-state index contributed by atoms with van der Waals surface area (Å²) in [5.74, 6) is -0.496. The fourth-order valence-electron chi connectivity index (χ4n) is 2.97. The first-order valence-corrected chi connectivity index (χ1v) is 7.94. The summed E-state index contributed by atoms with van der Waals surface area (Å²) in [5, 5.41) is 11.5. The minimum atomic E-state index is -0.862. The third-order valence-corrected chi connectivity index (χ3v) is 4.20. The van der Waals surface area contributed by atoms with Crippen LogP contribution in [0.25, 0.3) is 0 Å². The Morgan fingerprint density at radius 3 is 2.42 bits per heavy atom. The maximum absolute atomic E-state index is 12.3. The molecule has 0 saturated carbocycles. The van der Waals surface area contributed by atoms with E-state index in [0.717, 1.165) is 22.8 Å². The highest BCUT2D eigenvalue weighted by Crippen LogP contribution is 2.26. The van der Waals surface area contributed by atoms with Gasteiger partial charge in [0.1, 0.15) is 0 Å². The third kappa shape index (κ3) is 3.31. The normalized spacial score (nSPS) is 17.9. The average molecular weight is 324 g/mol. The Labute approximate surface area is 141 Å². The quantitative estimate of drug-likeness (QED) is 0.678. The van der Waals surface area contributed by atoms with Crippen LogP contribution in [-0.2, 0) is 9.53 Å². The molecule has 2 aromatic carbocycles. The highest BCUT2D eigenvalue weighted by Gasteiger charge is 2.37. The average Bonchev–Trinajstić information content (AvgIpc) is 3.12. The van der Waals surface area contributed by atoms with Crippen molar-refractivity contribution < 1.29 is 14.7 Å². The van der Waals surface area contributed by atoms with Crippen LogP contribution in [-0.4, -0.2) is 36.1 Å². The molecule has 2 unspecified atom stereocenters. The van der Waals surface area contributed by atoms with Crippen molar-refractivity contribution in [1.29, 1.82) is 0 Å². The van der Waals surface area contributed by atoms with E-state index >= 15 is 0 Å². The first-order chi connectivity index (χ1) is 11.7. The monoisotopic (exact) mass is 324 g/mol. The summed E-state index contributed by atoms with van der Waals surface area (Å²) < 4.78 is 4.90. The van der Waals surface area contributed by atoms with Gasteiger partial charge in [-0.15, -0.1) is 0 Å². The van der Waals surface area contributed by atoms with Crippen molar-refractivity contribution in [1.82, 2.24) is 0 Å². The van der Waals surface area contributed by atoms with E-state index in [9.17, 15) is 10.0 Å². The highest BCUT2D eigenvalue weighted by molar-refractivity contribution is 6.02. The standard InChI is InChI=1S/C19H20N2O3/c1-24-19(22)18(21(23)15-10-6-3-7-11-15)17-13-12-16(20-17)14-8-4-2-5-9-14/h2-11,17-18,23H,12-13H2,1H3. The number of rotatable bonds is 5. The molecule has 24 heavy (non-hydrogen) atoms. The number of esters is 1. The molecule has 0 saturated heterocycles. The number of anilines is 1. The largest absolute Gasteiger partial charge is 0.467 e. The van der Waals surface area contributed by atoms with Crippen molar-refractivity contribution in [2.75, 3.05) is 12.2 Å². The van der Waals surface area contributed by atoms with Crippen LogP contribution in [0.5, 0.6) is 0 Å². The second kappa shape index (κ2) is 7.27. The van der Waals surface area contributed by atoms with E-state index in [2.05, 4.69) is 4.99 Å². The summed E-state index contributed by atoms with van der Waals surface area (Å²) >= 11 is 0. The summed E-state index contributed by atoms with van der Waals surface area (Å²) in [4.78, 5) is 17.0. The lowest BCUT2D eigenvalue weighted by molar-refractivity contribution is -0.144. The van der Waals surface area contributed by atoms with E-state index in [-0.39, 0.29) is 6.04 Å². The number of benzene rings is 2. The zero-order chi connectivity index (χ0) is 16.9. The van der Waals surface area contributed by atoms with E-state index in [4.69, 9.17) is 4.74 Å². The summed E-state index contributed by atoms with van der Waals surface area (Å²) in [7, 11) is 1.32. The van der Waals surface area contributed by atoms with Gasteiger partial charge in [-0.2, -0.15) is 0 Å². The minimum absolute atomic E-state index is 0.349. The lowest BCUT2D eigenvalue weighted by Gasteiger charge is -2.28. The molecule has 0 amide bonds. The number of para-hydroxylation sites is 1. The van der Waals surface area contributed by atoms with E-state index < -0.39 is 12.0 Å². The summed E-state index contributed by atoms with van der Waals surface area (Å²) in [5.41, 5.74) is 2.54. The van der Waals surface area contributed by atoms with Crippen molar-refractivity contribution >= 4 is 17.4 Å². The smallest absolute Gasteiger partial charge is 0.333 e. The van der Waals surface area contributed by atoms with Crippen LogP contribution in [0.4, 0.5) is 5.69 Å². The predicted molar refractivity (Wildman–Crippen MR) is 92.5 cm³/mol. The number of methoxy groups -OCH3 is 1. The number of hydroxylamine groups is 1. The molecule has 0 spiro atoms. The van der Waals surface area contributed by atoms with E-state index in [1.807, 2.05) is 36.4 Å². The van der Waals surface area contributed by atoms with Crippen LogP contribution in [0.15, 0.2) is 65.7 Å². The molecule has 0 bridgehead atoms. The molecule has 5 nitrogen and oxygen atoms in total. The van der Waals surface area contributed by atoms with Gasteiger partial charge in [-0.05, 0) is 30.5 Å². The maximum Gasteiger partial charge on any atom is 0.333 e. The fraction of sp³-hybridized carbons (Fsp3) is 0.263. The van der Waals surface area contributed by atoms with Crippen LogP contribution < -0.4 is 5.06 Å². The van der Waals surface area contributed by atoms with Gasteiger partial charge in [-0.3, -0.25) is 10.2 Å². The van der Waals surface area contributed by atoms with Crippen LogP contribution >= 0.6 is 0 Å². The molecule has 0 radical (unpaired) electrons. The number of carbonyl (C=O) groups is 1. The second-order valence-electron chi connectivity index (χ2n) is 5.70. The molecule has 2 atom stereocenters. The summed E-state index contributed by atoms with van der Waals surface area (Å²) in [6, 6.07) is 17.6. The van der Waals surface area contributed by atoms with Crippen LogP contribution in [0.3, 0.4) is 0 Å². The molecular weight excluding hydrogens is 304 g/mol. The molecule has 0 aliphatic carbocycles.